The summed E-state index contributed by atoms with van der Waals surface area (Å²) >= 11 is 0. The van der Waals surface area contributed by atoms with Crippen LogP contribution in [0.2, 0.25) is 0 Å². The van der Waals surface area contributed by atoms with Crippen molar-refractivity contribution in [3.8, 4) is 0 Å². The summed E-state index contributed by atoms with van der Waals surface area (Å²) in [5.74, 6) is 0.277. The van der Waals surface area contributed by atoms with E-state index in [1.54, 1.807) is 0 Å². The molecule has 0 spiro atoms. The molecule has 1 N–H and O–H groups in total. The zero-order chi connectivity index (χ0) is 19.2. The second-order valence-electron chi connectivity index (χ2n) is 8.39. The van der Waals surface area contributed by atoms with Gasteiger partial charge in [-0.2, -0.15) is 0 Å². The van der Waals surface area contributed by atoms with E-state index in [1.165, 1.54) is 5.56 Å². The van der Waals surface area contributed by atoms with Gasteiger partial charge in [0.1, 0.15) is 0 Å². The molecule has 0 aliphatic carbocycles. The average Bonchev–Trinajstić information content (AvgIpc) is 2.64. The van der Waals surface area contributed by atoms with Crippen molar-refractivity contribution >= 4 is 11.8 Å². The zero-order valence-corrected chi connectivity index (χ0v) is 16.8. The predicted octanol–water partition coefficient (Wildman–Crippen LogP) is 4.14. The lowest BCUT2D eigenvalue weighted by Gasteiger charge is -2.31. The Morgan fingerprint density at radius 3 is 2.23 bits per heavy atom. The monoisotopic (exact) mass is 358 g/mol. The van der Waals surface area contributed by atoms with Crippen LogP contribution in [0.1, 0.15) is 75.7 Å². The first kappa shape index (κ1) is 20.5. The molecule has 144 valence electrons. The molecule has 0 unspecified atom stereocenters. The predicted molar refractivity (Wildman–Crippen MR) is 106 cm³/mol. The Balaban J connectivity index is 1.83. The summed E-state index contributed by atoms with van der Waals surface area (Å²) in [4.78, 5) is 26.8. The number of carbonyl (C=O) groups is 2. The highest BCUT2D eigenvalue weighted by atomic mass is 16.2. The molecule has 2 amide bonds. The number of rotatable bonds is 6. The molecular formula is C22H34N2O2. The van der Waals surface area contributed by atoms with Crippen LogP contribution in [-0.2, 0) is 10.2 Å². The number of hydrogen-bond donors (Lipinski definition) is 1. The molecule has 1 fully saturated rings. The van der Waals surface area contributed by atoms with Gasteiger partial charge in [-0.15, -0.1) is 0 Å². The molecule has 4 heteroatoms. The molecule has 1 aliphatic heterocycles. The lowest BCUT2D eigenvalue weighted by Crippen LogP contribution is -2.43. The van der Waals surface area contributed by atoms with Crippen LogP contribution >= 0.6 is 0 Å². The largest absolute Gasteiger partial charge is 0.356 e. The van der Waals surface area contributed by atoms with Gasteiger partial charge < -0.3 is 10.2 Å². The van der Waals surface area contributed by atoms with Crippen LogP contribution in [-0.4, -0.2) is 36.3 Å². The number of piperidine rings is 1. The summed E-state index contributed by atoms with van der Waals surface area (Å²) in [7, 11) is 0. The topological polar surface area (TPSA) is 49.4 Å². The molecule has 2 rings (SSSR count). The third-order valence-corrected chi connectivity index (χ3v) is 5.23. The summed E-state index contributed by atoms with van der Waals surface area (Å²) in [6, 6.07) is 7.94. The third-order valence-electron chi connectivity index (χ3n) is 5.23. The van der Waals surface area contributed by atoms with E-state index in [0.717, 1.165) is 44.2 Å². The molecule has 1 saturated heterocycles. The van der Waals surface area contributed by atoms with Crippen LogP contribution in [0.5, 0.6) is 0 Å². The van der Waals surface area contributed by atoms with Crippen molar-refractivity contribution in [2.24, 2.45) is 5.92 Å². The molecule has 26 heavy (non-hydrogen) atoms. The Kier molecular flexibility index (Phi) is 7.24. The standard InChI is InChI=1S/C22H34N2O2/c1-5-6-7-14-23-20(25)17-12-15-24(16-13-17)21(26)18-8-10-19(11-9-18)22(2,3)4/h8-11,17H,5-7,12-16H2,1-4H3,(H,23,25). The van der Waals surface area contributed by atoms with Gasteiger partial charge in [0.15, 0.2) is 0 Å². The second kappa shape index (κ2) is 9.20. The van der Waals surface area contributed by atoms with Crippen LogP contribution < -0.4 is 5.32 Å². The summed E-state index contributed by atoms with van der Waals surface area (Å²) in [5, 5.41) is 3.04. The van der Waals surface area contributed by atoms with E-state index in [0.29, 0.717) is 13.1 Å². The first-order chi connectivity index (χ1) is 12.3. The molecule has 1 aromatic carbocycles. The fraction of sp³-hybridized carbons (Fsp3) is 0.636. The van der Waals surface area contributed by atoms with Crippen molar-refractivity contribution in [1.29, 1.82) is 0 Å². The number of amides is 2. The minimum absolute atomic E-state index is 0.0453. The van der Waals surface area contributed by atoms with Crippen molar-refractivity contribution in [3.05, 3.63) is 35.4 Å². The van der Waals surface area contributed by atoms with Crippen LogP contribution in [0, 0.1) is 5.92 Å². The molecule has 1 aromatic rings. The summed E-state index contributed by atoms with van der Waals surface area (Å²) in [6.45, 7) is 10.8. The Bertz CT molecular complexity index is 594. The average molecular weight is 359 g/mol. The van der Waals surface area contributed by atoms with Gasteiger partial charge in [0, 0.05) is 31.1 Å². The minimum atomic E-state index is 0.0453. The Hall–Kier alpha value is -1.84. The molecule has 4 nitrogen and oxygen atoms in total. The minimum Gasteiger partial charge on any atom is -0.356 e. The smallest absolute Gasteiger partial charge is 0.253 e. The first-order valence-electron chi connectivity index (χ1n) is 10.0. The van der Waals surface area contributed by atoms with E-state index >= 15 is 0 Å². The van der Waals surface area contributed by atoms with Crippen molar-refractivity contribution in [3.63, 3.8) is 0 Å². The highest BCUT2D eigenvalue weighted by Gasteiger charge is 2.27. The summed E-state index contributed by atoms with van der Waals surface area (Å²) < 4.78 is 0. The molecule has 0 aromatic heterocycles. The van der Waals surface area contributed by atoms with E-state index in [-0.39, 0.29) is 23.1 Å². The maximum absolute atomic E-state index is 12.7. The summed E-state index contributed by atoms with van der Waals surface area (Å²) in [5.41, 5.74) is 2.05. The van der Waals surface area contributed by atoms with Crippen molar-refractivity contribution in [2.45, 2.75) is 65.2 Å². The van der Waals surface area contributed by atoms with Gasteiger partial charge in [0.2, 0.25) is 5.91 Å². The van der Waals surface area contributed by atoms with E-state index < -0.39 is 0 Å². The fourth-order valence-electron chi connectivity index (χ4n) is 3.37. The Labute approximate surface area is 158 Å². The van der Waals surface area contributed by atoms with Crippen molar-refractivity contribution in [1.82, 2.24) is 10.2 Å². The maximum atomic E-state index is 12.7. The van der Waals surface area contributed by atoms with E-state index in [2.05, 4.69) is 33.0 Å². The van der Waals surface area contributed by atoms with E-state index in [9.17, 15) is 9.59 Å². The van der Waals surface area contributed by atoms with Crippen molar-refractivity contribution < 1.29 is 9.59 Å². The Morgan fingerprint density at radius 2 is 1.69 bits per heavy atom. The Morgan fingerprint density at radius 1 is 1.08 bits per heavy atom. The number of hydrogen-bond acceptors (Lipinski definition) is 2. The highest BCUT2D eigenvalue weighted by Crippen LogP contribution is 2.24. The van der Waals surface area contributed by atoms with Gasteiger partial charge in [0.05, 0.1) is 0 Å². The third kappa shape index (κ3) is 5.58. The molecule has 1 heterocycles. The molecule has 1 aliphatic rings. The SMILES string of the molecule is CCCCCNC(=O)C1CCN(C(=O)c2ccc(C(C)(C)C)cc2)CC1. The quantitative estimate of drug-likeness (QED) is 0.777. The van der Waals surface area contributed by atoms with Crippen molar-refractivity contribution in [2.75, 3.05) is 19.6 Å². The highest BCUT2D eigenvalue weighted by molar-refractivity contribution is 5.94. The number of nitrogens with one attached hydrogen (secondary N) is 1. The normalized spacial score (nSPS) is 15.8. The lowest BCUT2D eigenvalue weighted by atomic mass is 9.86. The summed E-state index contributed by atoms with van der Waals surface area (Å²) in [6.07, 6.45) is 4.87. The second-order valence-corrected chi connectivity index (χ2v) is 8.39. The number of nitrogens with zero attached hydrogens (tertiary/aromatic N) is 1. The molecular weight excluding hydrogens is 324 g/mol. The molecule has 0 radical (unpaired) electrons. The lowest BCUT2D eigenvalue weighted by molar-refractivity contribution is -0.126. The number of unbranched alkanes of at least 4 members (excludes halogenated alkanes) is 2. The van der Waals surface area contributed by atoms with Gasteiger partial charge in [-0.3, -0.25) is 9.59 Å². The molecule has 0 saturated carbocycles. The first-order valence-corrected chi connectivity index (χ1v) is 10.0. The van der Waals surface area contributed by atoms with E-state index in [4.69, 9.17) is 0 Å². The van der Waals surface area contributed by atoms with Crippen LogP contribution in [0.15, 0.2) is 24.3 Å². The molecule has 0 bridgehead atoms. The van der Waals surface area contributed by atoms with E-state index in [1.807, 2.05) is 29.2 Å². The van der Waals surface area contributed by atoms with Gasteiger partial charge in [-0.25, -0.2) is 0 Å². The molecule has 0 atom stereocenters. The van der Waals surface area contributed by atoms with Gasteiger partial charge >= 0.3 is 0 Å². The van der Waals surface area contributed by atoms with Crippen LogP contribution in [0.25, 0.3) is 0 Å². The number of carbonyl (C=O) groups excluding carboxylic acids is 2. The number of likely N-dealkylation sites (tertiary alicyclic amines) is 1. The van der Waals surface area contributed by atoms with Gasteiger partial charge in [-0.1, -0.05) is 52.7 Å². The number of benzene rings is 1. The maximum Gasteiger partial charge on any atom is 0.253 e. The van der Waals surface area contributed by atoms with Gasteiger partial charge in [0.25, 0.3) is 5.91 Å². The van der Waals surface area contributed by atoms with Crippen LogP contribution in [0.4, 0.5) is 0 Å². The zero-order valence-electron chi connectivity index (χ0n) is 16.8. The van der Waals surface area contributed by atoms with Gasteiger partial charge in [-0.05, 0) is 42.4 Å². The fourth-order valence-corrected chi connectivity index (χ4v) is 3.37. The van der Waals surface area contributed by atoms with Crippen LogP contribution in [0.3, 0.4) is 0 Å².